The average molecular weight is 463 g/mol. The number of nitrogens with zero attached hydrogens (tertiary/aromatic N) is 3. The van der Waals surface area contributed by atoms with Crippen molar-refractivity contribution < 1.29 is 9.59 Å². The molecule has 0 aliphatic rings. The van der Waals surface area contributed by atoms with E-state index >= 15 is 0 Å². The highest BCUT2D eigenvalue weighted by Crippen LogP contribution is 2.37. The van der Waals surface area contributed by atoms with Crippen LogP contribution in [0.2, 0.25) is 0 Å². The predicted octanol–water partition coefficient (Wildman–Crippen LogP) is 4.35. The molecule has 4 rings (SSSR count). The summed E-state index contributed by atoms with van der Waals surface area (Å²) in [6, 6.07) is 19.8. The molecular weight excluding hydrogens is 440 g/mol. The number of rotatable bonds is 9. The molecule has 2 heterocycles. The molecule has 2 aromatic heterocycles. The van der Waals surface area contributed by atoms with E-state index in [1.54, 1.807) is 16.2 Å². The summed E-state index contributed by atoms with van der Waals surface area (Å²) in [6.07, 6.45) is 1.67. The predicted molar refractivity (Wildman–Crippen MR) is 129 cm³/mol. The first-order valence-corrected chi connectivity index (χ1v) is 12.0. The lowest BCUT2D eigenvalue weighted by Gasteiger charge is -2.22. The molecule has 6 nitrogen and oxygen atoms in total. The van der Waals surface area contributed by atoms with Crippen molar-refractivity contribution in [1.82, 2.24) is 14.9 Å². The van der Waals surface area contributed by atoms with Crippen LogP contribution >= 0.6 is 23.1 Å². The van der Waals surface area contributed by atoms with Gasteiger partial charge in [-0.2, -0.15) is 0 Å². The quantitative estimate of drug-likeness (QED) is 0.295. The highest BCUT2D eigenvalue weighted by Gasteiger charge is 2.18. The Labute approximate surface area is 194 Å². The molecule has 0 saturated carbocycles. The van der Waals surface area contributed by atoms with Gasteiger partial charge in [0.25, 0.3) is 0 Å². The number of amides is 2. The Morgan fingerprint density at radius 2 is 1.72 bits per heavy atom. The summed E-state index contributed by atoms with van der Waals surface area (Å²) in [5, 5.41) is 3.82. The largest absolute Gasteiger partial charge is 0.370 e. The first-order chi connectivity index (χ1) is 15.6. The van der Waals surface area contributed by atoms with Crippen molar-refractivity contribution in [2.75, 3.05) is 12.3 Å². The molecule has 0 aliphatic carbocycles. The fourth-order valence-corrected chi connectivity index (χ4v) is 5.25. The SMILES string of the molecule is NC(=O)CCN(Cc1ccccc1)C(=O)CSc1ncnc2scc(-c3ccccc3)c12. The van der Waals surface area contributed by atoms with Gasteiger partial charge in [-0.15, -0.1) is 11.3 Å². The van der Waals surface area contributed by atoms with E-state index < -0.39 is 5.91 Å². The van der Waals surface area contributed by atoms with Gasteiger partial charge in [0.2, 0.25) is 11.8 Å². The van der Waals surface area contributed by atoms with Gasteiger partial charge in [0.15, 0.2) is 0 Å². The number of primary amides is 1. The second-order valence-corrected chi connectivity index (χ2v) is 9.00. The molecular formula is C24H22N4O2S2. The van der Waals surface area contributed by atoms with Crippen molar-refractivity contribution in [1.29, 1.82) is 0 Å². The number of hydrogen-bond acceptors (Lipinski definition) is 6. The fourth-order valence-electron chi connectivity index (χ4n) is 3.35. The van der Waals surface area contributed by atoms with E-state index in [0.29, 0.717) is 6.54 Å². The molecule has 2 N–H and O–H groups in total. The average Bonchev–Trinajstić information content (AvgIpc) is 3.26. The van der Waals surface area contributed by atoms with Crippen LogP contribution < -0.4 is 5.73 Å². The maximum atomic E-state index is 13.1. The Kier molecular flexibility index (Phi) is 7.14. The third kappa shape index (κ3) is 5.33. The van der Waals surface area contributed by atoms with Gasteiger partial charge in [0.05, 0.1) is 11.1 Å². The lowest BCUT2D eigenvalue weighted by molar-refractivity contribution is -0.129. The number of nitrogens with two attached hydrogens (primary N) is 1. The molecule has 0 radical (unpaired) electrons. The monoisotopic (exact) mass is 462 g/mol. The van der Waals surface area contributed by atoms with Crippen LogP contribution in [0.1, 0.15) is 12.0 Å². The van der Waals surface area contributed by atoms with Gasteiger partial charge in [-0.05, 0) is 11.1 Å². The van der Waals surface area contributed by atoms with Crippen LogP contribution in [0.3, 0.4) is 0 Å². The van der Waals surface area contributed by atoms with Gasteiger partial charge in [-0.3, -0.25) is 9.59 Å². The number of hydrogen-bond donors (Lipinski definition) is 1. The molecule has 0 aliphatic heterocycles. The molecule has 0 bridgehead atoms. The van der Waals surface area contributed by atoms with Gasteiger partial charge in [-0.1, -0.05) is 72.4 Å². The second kappa shape index (κ2) is 10.4. The molecule has 0 saturated heterocycles. The molecule has 0 atom stereocenters. The number of carbonyl (C=O) groups excluding carboxylic acids is 2. The topological polar surface area (TPSA) is 89.2 Å². The third-order valence-electron chi connectivity index (χ3n) is 4.95. The summed E-state index contributed by atoms with van der Waals surface area (Å²) < 4.78 is 0. The van der Waals surface area contributed by atoms with Crippen LogP contribution in [-0.4, -0.2) is 39.0 Å². The van der Waals surface area contributed by atoms with E-state index in [9.17, 15) is 9.59 Å². The van der Waals surface area contributed by atoms with E-state index in [-0.39, 0.29) is 24.6 Å². The summed E-state index contributed by atoms with van der Waals surface area (Å²) in [5.74, 6) is -0.280. The van der Waals surface area contributed by atoms with Crippen LogP contribution in [-0.2, 0) is 16.1 Å². The zero-order valence-electron chi connectivity index (χ0n) is 17.3. The Balaban J connectivity index is 1.54. The molecule has 0 unspecified atom stereocenters. The zero-order valence-corrected chi connectivity index (χ0v) is 18.9. The maximum absolute atomic E-state index is 13.1. The van der Waals surface area contributed by atoms with Crippen molar-refractivity contribution in [2.24, 2.45) is 5.73 Å². The lowest BCUT2D eigenvalue weighted by atomic mass is 10.1. The number of carbonyl (C=O) groups is 2. The molecule has 0 fully saturated rings. The van der Waals surface area contributed by atoms with Crippen molar-refractivity contribution in [3.8, 4) is 11.1 Å². The Hall–Kier alpha value is -3.23. The van der Waals surface area contributed by atoms with E-state index in [2.05, 4.69) is 27.5 Å². The van der Waals surface area contributed by atoms with Gasteiger partial charge < -0.3 is 10.6 Å². The van der Waals surface area contributed by atoms with Gasteiger partial charge >= 0.3 is 0 Å². The summed E-state index contributed by atoms with van der Waals surface area (Å²) >= 11 is 2.96. The molecule has 8 heteroatoms. The maximum Gasteiger partial charge on any atom is 0.233 e. The van der Waals surface area contributed by atoms with Gasteiger partial charge in [-0.25, -0.2) is 9.97 Å². The summed E-state index contributed by atoms with van der Waals surface area (Å²) in [4.78, 5) is 35.8. The van der Waals surface area contributed by atoms with Crippen LogP contribution in [0.4, 0.5) is 0 Å². The number of aromatic nitrogens is 2. The number of fused-ring (bicyclic) bond motifs is 1. The normalized spacial score (nSPS) is 10.9. The first-order valence-electron chi connectivity index (χ1n) is 10.1. The third-order valence-corrected chi connectivity index (χ3v) is 6.81. The summed E-state index contributed by atoms with van der Waals surface area (Å²) in [5.41, 5.74) is 8.48. The van der Waals surface area contributed by atoms with E-state index in [1.807, 2.05) is 48.5 Å². The van der Waals surface area contributed by atoms with Gasteiger partial charge in [0, 0.05) is 30.5 Å². The Bertz CT molecular complexity index is 1210. The Morgan fingerprint density at radius 1 is 1.00 bits per heavy atom. The number of thioether (sulfide) groups is 1. The molecule has 32 heavy (non-hydrogen) atoms. The van der Waals surface area contributed by atoms with Crippen LogP contribution in [0.15, 0.2) is 77.4 Å². The standard InChI is InChI=1S/C24H22N4O2S2/c25-20(29)11-12-28(13-17-7-3-1-4-8-17)21(30)15-32-24-22-19(18-9-5-2-6-10-18)14-31-23(22)26-16-27-24/h1-10,14,16H,11-13,15H2,(H2,25,29). The number of thiophene rings is 1. The number of benzene rings is 2. The van der Waals surface area contributed by atoms with E-state index in [4.69, 9.17) is 5.73 Å². The van der Waals surface area contributed by atoms with Gasteiger partial charge in [0.1, 0.15) is 16.2 Å². The molecule has 4 aromatic rings. The Morgan fingerprint density at radius 3 is 2.44 bits per heavy atom. The molecule has 2 amide bonds. The highest BCUT2D eigenvalue weighted by molar-refractivity contribution is 8.00. The minimum absolute atomic E-state index is 0.0663. The van der Waals surface area contributed by atoms with Crippen LogP contribution in [0, 0.1) is 0 Å². The summed E-state index contributed by atoms with van der Waals surface area (Å²) in [7, 11) is 0. The minimum atomic E-state index is -0.424. The first kappa shape index (κ1) is 22.0. The van der Waals surface area contributed by atoms with Crippen molar-refractivity contribution >= 4 is 45.1 Å². The molecule has 162 valence electrons. The lowest BCUT2D eigenvalue weighted by Crippen LogP contribution is -2.34. The van der Waals surface area contributed by atoms with Crippen molar-refractivity contribution in [2.45, 2.75) is 18.0 Å². The zero-order chi connectivity index (χ0) is 22.3. The van der Waals surface area contributed by atoms with Crippen molar-refractivity contribution in [3.05, 3.63) is 77.9 Å². The van der Waals surface area contributed by atoms with Crippen LogP contribution in [0.25, 0.3) is 21.3 Å². The van der Waals surface area contributed by atoms with E-state index in [1.165, 1.54) is 18.1 Å². The van der Waals surface area contributed by atoms with Crippen LogP contribution in [0.5, 0.6) is 0 Å². The minimum Gasteiger partial charge on any atom is -0.370 e. The highest BCUT2D eigenvalue weighted by atomic mass is 32.2. The molecule has 0 spiro atoms. The van der Waals surface area contributed by atoms with Crippen molar-refractivity contribution in [3.63, 3.8) is 0 Å². The second-order valence-electron chi connectivity index (χ2n) is 7.18. The van der Waals surface area contributed by atoms with E-state index in [0.717, 1.165) is 31.9 Å². The molecule has 2 aromatic carbocycles. The smallest absolute Gasteiger partial charge is 0.233 e. The fraction of sp³-hybridized carbons (Fsp3) is 0.167. The summed E-state index contributed by atoms with van der Waals surface area (Å²) in [6.45, 7) is 0.719.